The van der Waals surface area contributed by atoms with Gasteiger partial charge in [0.05, 0.1) is 6.61 Å². The van der Waals surface area contributed by atoms with Crippen molar-refractivity contribution in [3.63, 3.8) is 0 Å². The average molecular weight is 326 g/mol. The number of amides is 1. The summed E-state index contributed by atoms with van der Waals surface area (Å²) in [5.41, 5.74) is 1.28. The number of rotatable bonds is 5. The molecule has 6 heteroatoms. The number of hydrogen-bond acceptors (Lipinski definition) is 5. The number of carbonyl (C=O) groups is 1. The smallest absolute Gasteiger partial charge is 0.272 e. The molecule has 2 heterocycles. The zero-order valence-corrected chi connectivity index (χ0v) is 13.9. The van der Waals surface area contributed by atoms with Crippen molar-refractivity contribution in [2.24, 2.45) is 0 Å². The van der Waals surface area contributed by atoms with Crippen LogP contribution in [0.1, 0.15) is 36.7 Å². The van der Waals surface area contributed by atoms with Gasteiger partial charge in [-0.1, -0.05) is 0 Å². The van der Waals surface area contributed by atoms with Gasteiger partial charge in [0.1, 0.15) is 11.4 Å². The lowest BCUT2D eigenvalue weighted by atomic mass is 10.1. The number of nitrogens with zero attached hydrogens (tertiary/aromatic N) is 3. The van der Waals surface area contributed by atoms with E-state index in [1.54, 1.807) is 12.3 Å². The molecule has 1 aromatic heterocycles. The molecular weight excluding hydrogens is 304 g/mol. The molecule has 1 saturated heterocycles. The third-order valence-corrected chi connectivity index (χ3v) is 3.94. The predicted molar refractivity (Wildman–Crippen MR) is 92.7 cm³/mol. The number of benzene rings is 1. The van der Waals surface area contributed by atoms with Crippen molar-refractivity contribution in [2.75, 3.05) is 25.0 Å². The van der Waals surface area contributed by atoms with Crippen LogP contribution < -0.4 is 10.1 Å². The molecule has 1 amide bonds. The summed E-state index contributed by atoms with van der Waals surface area (Å²) < 4.78 is 5.42. The number of nitrogens with one attached hydrogen (secondary N) is 1. The Kier molecular flexibility index (Phi) is 5.25. The highest BCUT2D eigenvalue weighted by atomic mass is 16.5. The maximum Gasteiger partial charge on any atom is 0.272 e. The van der Waals surface area contributed by atoms with Gasteiger partial charge in [-0.25, -0.2) is 9.97 Å². The Morgan fingerprint density at radius 2 is 1.92 bits per heavy atom. The molecule has 2 aromatic rings. The molecule has 1 aromatic carbocycles. The molecule has 0 spiro atoms. The van der Waals surface area contributed by atoms with E-state index in [4.69, 9.17) is 4.74 Å². The maximum absolute atomic E-state index is 12.5. The van der Waals surface area contributed by atoms with Gasteiger partial charge in [-0.2, -0.15) is 0 Å². The molecule has 6 nitrogen and oxygen atoms in total. The Morgan fingerprint density at radius 1 is 1.17 bits per heavy atom. The van der Waals surface area contributed by atoms with Gasteiger partial charge >= 0.3 is 0 Å². The monoisotopic (exact) mass is 326 g/mol. The number of piperidine rings is 1. The minimum absolute atomic E-state index is 0.0214. The predicted octanol–water partition coefficient (Wildman–Crippen LogP) is 3.25. The summed E-state index contributed by atoms with van der Waals surface area (Å²) in [7, 11) is 0. The highest BCUT2D eigenvalue weighted by Gasteiger charge is 2.19. The minimum atomic E-state index is -0.0214. The van der Waals surface area contributed by atoms with Crippen molar-refractivity contribution in [3.8, 4) is 5.75 Å². The van der Waals surface area contributed by atoms with E-state index in [0.717, 1.165) is 37.4 Å². The topological polar surface area (TPSA) is 67.3 Å². The Bertz CT molecular complexity index is 682. The summed E-state index contributed by atoms with van der Waals surface area (Å²) in [6.07, 6.45) is 4.93. The fraction of sp³-hybridized carbons (Fsp3) is 0.389. The normalized spacial score (nSPS) is 14.3. The summed E-state index contributed by atoms with van der Waals surface area (Å²) in [6, 6.07) is 9.23. The quantitative estimate of drug-likeness (QED) is 0.913. The van der Waals surface area contributed by atoms with Crippen LogP contribution in [0.3, 0.4) is 0 Å². The summed E-state index contributed by atoms with van der Waals surface area (Å²) in [4.78, 5) is 22.9. The van der Waals surface area contributed by atoms with Crippen molar-refractivity contribution in [1.29, 1.82) is 0 Å². The van der Waals surface area contributed by atoms with Crippen LogP contribution in [0.2, 0.25) is 0 Å². The summed E-state index contributed by atoms with van der Waals surface area (Å²) in [6.45, 7) is 4.20. The van der Waals surface area contributed by atoms with E-state index >= 15 is 0 Å². The molecule has 1 fully saturated rings. The largest absolute Gasteiger partial charge is 0.494 e. The third-order valence-electron chi connectivity index (χ3n) is 3.94. The van der Waals surface area contributed by atoms with Crippen LogP contribution in [0.25, 0.3) is 0 Å². The SMILES string of the molecule is CCOc1ccc(Nc2nccc(C(=O)N3CCCCC3)n2)cc1. The van der Waals surface area contributed by atoms with Crippen LogP contribution in [-0.4, -0.2) is 40.5 Å². The second kappa shape index (κ2) is 7.77. The van der Waals surface area contributed by atoms with Crippen molar-refractivity contribution in [1.82, 2.24) is 14.9 Å². The fourth-order valence-electron chi connectivity index (χ4n) is 2.73. The molecule has 0 bridgehead atoms. The molecule has 0 unspecified atom stereocenters. The highest BCUT2D eigenvalue weighted by molar-refractivity contribution is 5.92. The molecule has 0 atom stereocenters. The summed E-state index contributed by atoms with van der Waals surface area (Å²) in [5.74, 6) is 1.21. The number of carbonyl (C=O) groups excluding carboxylic acids is 1. The lowest BCUT2D eigenvalue weighted by Crippen LogP contribution is -2.36. The number of likely N-dealkylation sites (tertiary alicyclic amines) is 1. The second-order valence-corrected chi connectivity index (χ2v) is 5.70. The van der Waals surface area contributed by atoms with Crippen molar-refractivity contribution in [2.45, 2.75) is 26.2 Å². The number of hydrogen-bond donors (Lipinski definition) is 1. The van der Waals surface area contributed by atoms with E-state index in [0.29, 0.717) is 18.2 Å². The van der Waals surface area contributed by atoms with Gasteiger partial charge in [0.25, 0.3) is 5.91 Å². The van der Waals surface area contributed by atoms with Gasteiger partial charge in [0, 0.05) is 25.0 Å². The van der Waals surface area contributed by atoms with Gasteiger partial charge in [-0.15, -0.1) is 0 Å². The van der Waals surface area contributed by atoms with Gasteiger partial charge in [0.15, 0.2) is 0 Å². The Hall–Kier alpha value is -2.63. The zero-order valence-electron chi connectivity index (χ0n) is 13.9. The first-order chi connectivity index (χ1) is 11.8. The molecule has 0 radical (unpaired) electrons. The molecule has 1 aliphatic heterocycles. The first-order valence-corrected chi connectivity index (χ1v) is 8.38. The molecule has 24 heavy (non-hydrogen) atoms. The standard InChI is InChI=1S/C18H22N4O2/c1-2-24-15-8-6-14(7-9-15)20-18-19-11-10-16(21-18)17(23)22-12-4-3-5-13-22/h6-11H,2-5,12-13H2,1H3,(H,19,20,21). The second-order valence-electron chi connectivity index (χ2n) is 5.70. The number of ether oxygens (including phenoxy) is 1. The average Bonchev–Trinajstić information content (AvgIpc) is 2.64. The molecule has 126 valence electrons. The van der Waals surface area contributed by atoms with Crippen molar-refractivity contribution < 1.29 is 9.53 Å². The number of anilines is 2. The molecular formula is C18H22N4O2. The zero-order chi connectivity index (χ0) is 16.8. The van der Waals surface area contributed by atoms with Crippen LogP contribution in [0.5, 0.6) is 5.75 Å². The van der Waals surface area contributed by atoms with Crippen LogP contribution in [0.4, 0.5) is 11.6 Å². The van der Waals surface area contributed by atoms with Gasteiger partial charge < -0.3 is 15.0 Å². The highest BCUT2D eigenvalue weighted by Crippen LogP contribution is 2.19. The van der Waals surface area contributed by atoms with Crippen LogP contribution in [0, 0.1) is 0 Å². The molecule has 0 aliphatic carbocycles. The van der Waals surface area contributed by atoms with Gasteiger partial charge in [-0.3, -0.25) is 4.79 Å². The summed E-state index contributed by atoms with van der Waals surface area (Å²) in [5, 5.41) is 3.12. The van der Waals surface area contributed by atoms with Crippen LogP contribution >= 0.6 is 0 Å². The van der Waals surface area contributed by atoms with E-state index in [9.17, 15) is 4.79 Å². The van der Waals surface area contributed by atoms with Crippen molar-refractivity contribution >= 4 is 17.5 Å². The lowest BCUT2D eigenvalue weighted by molar-refractivity contribution is 0.0718. The van der Waals surface area contributed by atoms with E-state index in [1.165, 1.54) is 6.42 Å². The Morgan fingerprint density at radius 3 is 2.62 bits per heavy atom. The first kappa shape index (κ1) is 16.2. The maximum atomic E-state index is 12.5. The molecule has 1 N–H and O–H groups in total. The van der Waals surface area contributed by atoms with Gasteiger partial charge in [0.2, 0.25) is 5.95 Å². The Labute approximate surface area is 141 Å². The van der Waals surface area contributed by atoms with E-state index in [-0.39, 0.29) is 5.91 Å². The third kappa shape index (κ3) is 4.01. The summed E-state index contributed by atoms with van der Waals surface area (Å²) >= 11 is 0. The van der Waals surface area contributed by atoms with Crippen molar-refractivity contribution in [3.05, 3.63) is 42.2 Å². The fourth-order valence-corrected chi connectivity index (χ4v) is 2.73. The minimum Gasteiger partial charge on any atom is -0.494 e. The molecule has 3 rings (SSSR count). The van der Waals surface area contributed by atoms with Crippen LogP contribution in [0.15, 0.2) is 36.5 Å². The van der Waals surface area contributed by atoms with Crippen LogP contribution in [-0.2, 0) is 0 Å². The Balaban J connectivity index is 1.69. The van der Waals surface area contributed by atoms with E-state index in [1.807, 2.05) is 36.1 Å². The van der Waals surface area contributed by atoms with Gasteiger partial charge in [-0.05, 0) is 56.5 Å². The van der Waals surface area contributed by atoms with E-state index < -0.39 is 0 Å². The lowest BCUT2D eigenvalue weighted by Gasteiger charge is -2.26. The first-order valence-electron chi connectivity index (χ1n) is 8.38. The van der Waals surface area contributed by atoms with E-state index in [2.05, 4.69) is 15.3 Å². The number of aromatic nitrogens is 2. The molecule has 1 aliphatic rings. The molecule has 0 saturated carbocycles.